The van der Waals surface area contributed by atoms with E-state index in [1.54, 1.807) is 7.05 Å². The van der Waals surface area contributed by atoms with Crippen LogP contribution in [-0.2, 0) is 11.8 Å². The predicted molar refractivity (Wildman–Crippen MR) is 35.1 cm³/mol. The van der Waals surface area contributed by atoms with Crippen molar-refractivity contribution in [1.82, 2.24) is 15.0 Å². The van der Waals surface area contributed by atoms with Crippen molar-refractivity contribution in [2.45, 2.75) is 0 Å². The fourth-order valence-electron chi connectivity index (χ4n) is 0.580. The van der Waals surface area contributed by atoms with Crippen LogP contribution in [0.3, 0.4) is 0 Å². The molecule has 0 saturated heterocycles. The Balaban J connectivity index is 2.91. The maximum atomic E-state index is 9.89. The molecule has 0 radical (unpaired) electrons. The average Bonchev–Trinajstić information content (AvgIpc) is 2.13. The molecule has 6 nitrogen and oxygen atoms in total. The number of hydrogen-bond donors (Lipinski definition) is 2. The highest BCUT2D eigenvalue weighted by Crippen LogP contribution is 2.07. The van der Waals surface area contributed by atoms with Crippen LogP contribution in [0.5, 0.6) is 0 Å². The van der Waals surface area contributed by atoms with Gasteiger partial charge in [0.2, 0.25) is 6.41 Å². The molecule has 0 aliphatic carbocycles. The molecule has 6 heteroatoms. The fraction of sp³-hybridized carbons (Fsp3) is 0.250. The van der Waals surface area contributed by atoms with Gasteiger partial charge in [0.1, 0.15) is 0 Å². The van der Waals surface area contributed by atoms with E-state index in [2.05, 4.69) is 15.5 Å². The highest BCUT2D eigenvalue weighted by atomic mass is 16.1. The van der Waals surface area contributed by atoms with Crippen LogP contribution in [0.1, 0.15) is 0 Å². The Kier molecular flexibility index (Phi) is 1.53. The summed E-state index contributed by atoms with van der Waals surface area (Å²) in [5.41, 5.74) is 5.31. The number of nitrogens with one attached hydrogen (secondary N) is 1. The third kappa shape index (κ3) is 1.04. The lowest BCUT2D eigenvalue weighted by Gasteiger charge is -1.87. The number of nitrogen functional groups attached to an aromatic ring is 1. The van der Waals surface area contributed by atoms with E-state index >= 15 is 0 Å². The molecule has 0 unspecified atom stereocenters. The minimum Gasteiger partial charge on any atom is -0.379 e. The first kappa shape index (κ1) is 6.53. The van der Waals surface area contributed by atoms with Gasteiger partial charge in [0, 0.05) is 7.05 Å². The molecule has 1 rings (SSSR count). The van der Waals surface area contributed by atoms with Gasteiger partial charge in [-0.1, -0.05) is 0 Å². The van der Waals surface area contributed by atoms with Gasteiger partial charge in [-0.3, -0.25) is 4.79 Å². The zero-order chi connectivity index (χ0) is 7.56. The van der Waals surface area contributed by atoms with Crippen molar-refractivity contribution in [3.8, 4) is 0 Å². The van der Waals surface area contributed by atoms with Crippen LogP contribution < -0.4 is 11.1 Å². The molecular formula is C4H7N5O. The second-order valence-electron chi connectivity index (χ2n) is 1.69. The normalized spacial score (nSPS) is 9.30. The average molecular weight is 141 g/mol. The van der Waals surface area contributed by atoms with E-state index in [4.69, 9.17) is 5.73 Å². The maximum absolute atomic E-state index is 9.89. The van der Waals surface area contributed by atoms with E-state index < -0.39 is 0 Å². The molecule has 0 spiro atoms. The van der Waals surface area contributed by atoms with Crippen LogP contribution in [0, 0.1) is 0 Å². The quantitative estimate of drug-likeness (QED) is 0.515. The first-order chi connectivity index (χ1) is 4.74. The molecule has 1 amide bonds. The number of carbonyl (C=O) groups is 1. The molecule has 1 aromatic heterocycles. The summed E-state index contributed by atoms with van der Waals surface area (Å²) in [4.78, 5) is 11.2. The Morgan fingerprint density at radius 1 is 1.70 bits per heavy atom. The minimum atomic E-state index is 0.217. The largest absolute Gasteiger partial charge is 0.379 e. The van der Waals surface area contributed by atoms with Crippen LogP contribution in [0.2, 0.25) is 0 Å². The zero-order valence-corrected chi connectivity index (χ0v) is 5.40. The third-order valence-corrected chi connectivity index (χ3v) is 0.935. The summed E-state index contributed by atoms with van der Waals surface area (Å²) in [5, 5.41) is 9.73. The lowest BCUT2D eigenvalue weighted by Crippen LogP contribution is -1.98. The van der Waals surface area contributed by atoms with Gasteiger partial charge < -0.3 is 11.1 Å². The smallest absolute Gasteiger partial charge is 0.212 e. The van der Waals surface area contributed by atoms with Crippen molar-refractivity contribution in [3.63, 3.8) is 0 Å². The summed E-state index contributed by atoms with van der Waals surface area (Å²) in [7, 11) is 1.62. The van der Waals surface area contributed by atoms with Gasteiger partial charge in [-0.15, -0.1) is 10.2 Å². The monoisotopic (exact) mass is 141 g/mol. The predicted octanol–water partition coefficient (Wildman–Crippen LogP) is -1.03. The highest BCUT2D eigenvalue weighted by Gasteiger charge is 2.02. The van der Waals surface area contributed by atoms with Crippen molar-refractivity contribution in [1.29, 1.82) is 0 Å². The van der Waals surface area contributed by atoms with Gasteiger partial charge in [0.25, 0.3) is 0 Å². The number of carbonyl (C=O) groups excluding carboxylic acids is 1. The molecule has 3 N–H and O–H groups in total. The summed E-state index contributed by atoms with van der Waals surface area (Å²) in [6.07, 6.45) is 0.500. The summed E-state index contributed by atoms with van der Waals surface area (Å²) >= 11 is 0. The molecule has 0 aromatic carbocycles. The molecule has 0 fully saturated rings. The standard InChI is InChI=1S/C4H7N5O/c1-9-7-3(5)4(8-9)6-2-10/h2H,1H3,(H2,5,7)(H,6,8,10). The summed E-state index contributed by atoms with van der Waals surface area (Å²) in [5.74, 6) is 0.507. The molecule has 0 atom stereocenters. The number of anilines is 2. The Morgan fingerprint density at radius 2 is 2.40 bits per heavy atom. The molecule has 0 aliphatic heterocycles. The highest BCUT2D eigenvalue weighted by molar-refractivity contribution is 5.74. The number of nitrogens with two attached hydrogens (primary N) is 1. The molecule has 54 valence electrons. The van der Waals surface area contributed by atoms with Crippen molar-refractivity contribution < 1.29 is 4.79 Å². The molecule has 1 aromatic rings. The number of hydrogen-bond acceptors (Lipinski definition) is 4. The first-order valence-corrected chi connectivity index (χ1v) is 2.61. The van der Waals surface area contributed by atoms with Crippen LogP contribution in [0.4, 0.5) is 11.6 Å². The van der Waals surface area contributed by atoms with E-state index in [-0.39, 0.29) is 11.6 Å². The second-order valence-corrected chi connectivity index (χ2v) is 1.69. The Bertz CT molecular complexity index is 242. The Hall–Kier alpha value is -1.59. The summed E-state index contributed by atoms with van der Waals surface area (Å²) in [6, 6.07) is 0. The van der Waals surface area contributed by atoms with Gasteiger partial charge in [0.15, 0.2) is 11.6 Å². The van der Waals surface area contributed by atoms with Crippen LogP contribution in [0.25, 0.3) is 0 Å². The molecule has 10 heavy (non-hydrogen) atoms. The van der Waals surface area contributed by atoms with Crippen molar-refractivity contribution in [3.05, 3.63) is 0 Å². The van der Waals surface area contributed by atoms with Gasteiger partial charge in [0.05, 0.1) is 0 Å². The topological polar surface area (TPSA) is 85.8 Å². The van der Waals surface area contributed by atoms with Crippen molar-refractivity contribution in [2.24, 2.45) is 7.05 Å². The van der Waals surface area contributed by atoms with Gasteiger partial charge in [-0.2, -0.15) is 4.80 Å². The Morgan fingerprint density at radius 3 is 2.80 bits per heavy atom. The Labute approximate surface area is 57.0 Å². The van der Waals surface area contributed by atoms with E-state index in [1.165, 1.54) is 4.80 Å². The molecule has 0 aliphatic rings. The SMILES string of the molecule is Cn1nc(N)c(NC=O)n1. The van der Waals surface area contributed by atoms with Crippen LogP contribution in [0.15, 0.2) is 0 Å². The minimum absolute atomic E-state index is 0.217. The lowest BCUT2D eigenvalue weighted by molar-refractivity contribution is -0.105. The summed E-state index contributed by atoms with van der Waals surface area (Å²) < 4.78 is 0. The number of aryl methyl sites for hydroxylation is 1. The lowest BCUT2D eigenvalue weighted by atomic mass is 10.7. The third-order valence-electron chi connectivity index (χ3n) is 0.935. The second kappa shape index (κ2) is 2.34. The van der Waals surface area contributed by atoms with Crippen molar-refractivity contribution >= 4 is 18.0 Å². The van der Waals surface area contributed by atoms with Crippen LogP contribution in [-0.4, -0.2) is 21.4 Å². The molecular weight excluding hydrogens is 134 g/mol. The summed E-state index contributed by atoms with van der Waals surface area (Å²) in [6.45, 7) is 0. The van der Waals surface area contributed by atoms with E-state index in [0.717, 1.165) is 0 Å². The number of amides is 1. The van der Waals surface area contributed by atoms with E-state index in [1.807, 2.05) is 0 Å². The van der Waals surface area contributed by atoms with Crippen molar-refractivity contribution in [2.75, 3.05) is 11.1 Å². The fourth-order valence-corrected chi connectivity index (χ4v) is 0.580. The number of rotatable bonds is 2. The first-order valence-electron chi connectivity index (χ1n) is 2.61. The van der Waals surface area contributed by atoms with E-state index in [9.17, 15) is 4.79 Å². The van der Waals surface area contributed by atoms with Gasteiger partial charge in [-0.05, 0) is 0 Å². The van der Waals surface area contributed by atoms with Gasteiger partial charge in [-0.25, -0.2) is 0 Å². The van der Waals surface area contributed by atoms with E-state index in [0.29, 0.717) is 6.41 Å². The number of aromatic nitrogens is 3. The molecule has 0 bridgehead atoms. The zero-order valence-electron chi connectivity index (χ0n) is 5.40. The molecule has 1 heterocycles. The van der Waals surface area contributed by atoms with Gasteiger partial charge >= 0.3 is 0 Å². The molecule has 0 saturated carbocycles. The maximum Gasteiger partial charge on any atom is 0.212 e. The number of nitrogens with zero attached hydrogens (tertiary/aromatic N) is 3. The van der Waals surface area contributed by atoms with Crippen LogP contribution >= 0.6 is 0 Å².